The lowest BCUT2D eigenvalue weighted by molar-refractivity contribution is 0.0597. The number of carbonyl (C=O) groups is 2. The monoisotopic (exact) mass is 282 g/mol. The Labute approximate surface area is 112 Å². The van der Waals surface area contributed by atoms with Crippen LogP contribution in [0.5, 0.6) is 0 Å². The number of ether oxygens (including phenoxy) is 2. The molecule has 94 valence electrons. The fraction of sp³-hybridized carbons (Fsp3) is 0.167. The summed E-state index contributed by atoms with van der Waals surface area (Å²) in [7, 11) is 2.70. The smallest absolute Gasteiger partial charge is 0.348 e. The zero-order valence-electron chi connectivity index (χ0n) is 9.76. The van der Waals surface area contributed by atoms with Crippen molar-refractivity contribution in [2.24, 2.45) is 0 Å². The summed E-state index contributed by atoms with van der Waals surface area (Å²) in [6.07, 6.45) is 0. The summed E-state index contributed by atoms with van der Waals surface area (Å²) in [5.41, 5.74) is 0. The standard InChI is InChI=1S/C12H10O4S2/c1-15-11(13)9-5-3-7(17-9)8-4-6-10(18-8)12(14)16-2/h3-6H,1-2H3. The number of methoxy groups -OCH3 is 2. The second kappa shape index (κ2) is 5.32. The van der Waals surface area contributed by atoms with E-state index in [1.165, 1.54) is 36.9 Å². The van der Waals surface area contributed by atoms with E-state index in [0.717, 1.165) is 9.75 Å². The molecule has 2 aromatic heterocycles. The van der Waals surface area contributed by atoms with E-state index in [-0.39, 0.29) is 11.9 Å². The average molecular weight is 282 g/mol. The van der Waals surface area contributed by atoms with Crippen molar-refractivity contribution < 1.29 is 19.1 Å². The predicted octanol–water partition coefficient (Wildman–Crippen LogP) is 3.05. The van der Waals surface area contributed by atoms with Gasteiger partial charge in [-0.15, -0.1) is 22.7 Å². The molecule has 0 aliphatic heterocycles. The summed E-state index contributed by atoms with van der Waals surface area (Å²) < 4.78 is 9.29. The van der Waals surface area contributed by atoms with E-state index in [9.17, 15) is 9.59 Å². The average Bonchev–Trinajstić information content (AvgIpc) is 3.04. The van der Waals surface area contributed by atoms with E-state index in [4.69, 9.17) is 0 Å². The van der Waals surface area contributed by atoms with Crippen molar-refractivity contribution in [3.05, 3.63) is 34.0 Å². The Morgan fingerprint density at radius 2 is 1.22 bits per heavy atom. The summed E-state index contributed by atoms with van der Waals surface area (Å²) >= 11 is 2.67. The van der Waals surface area contributed by atoms with E-state index in [2.05, 4.69) is 9.47 Å². The Hall–Kier alpha value is -1.66. The van der Waals surface area contributed by atoms with Gasteiger partial charge in [0.1, 0.15) is 9.75 Å². The van der Waals surface area contributed by atoms with Crippen molar-refractivity contribution >= 4 is 34.6 Å². The van der Waals surface area contributed by atoms with Gasteiger partial charge in [0, 0.05) is 9.75 Å². The Morgan fingerprint density at radius 3 is 1.56 bits per heavy atom. The van der Waals surface area contributed by atoms with Crippen LogP contribution < -0.4 is 0 Å². The third-order valence-electron chi connectivity index (χ3n) is 2.23. The molecule has 18 heavy (non-hydrogen) atoms. The molecular weight excluding hydrogens is 272 g/mol. The molecule has 0 radical (unpaired) electrons. The molecule has 0 spiro atoms. The molecule has 6 heteroatoms. The van der Waals surface area contributed by atoms with Gasteiger partial charge in [-0.25, -0.2) is 9.59 Å². The van der Waals surface area contributed by atoms with Gasteiger partial charge in [0.05, 0.1) is 14.2 Å². The number of esters is 2. The Morgan fingerprint density at radius 1 is 0.833 bits per heavy atom. The minimum absolute atomic E-state index is 0.351. The van der Waals surface area contributed by atoms with Crippen LogP contribution in [-0.2, 0) is 9.47 Å². The Balaban J connectivity index is 2.26. The third-order valence-corrected chi connectivity index (χ3v) is 4.55. The molecule has 0 fully saturated rings. The highest BCUT2D eigenvalue weighted by Crippen LogP contribution is 2.34. The Bertz CT molecular complexity index is 530. The van der Waals surface area contributed by atoms with Crippen LogP contribution in [0.3, 0.4) is 0 Å². The normalized spacial score (nSPS) is 10.1. The second-order valence-corrected chi connectivity index (χ2v) is 5.48. The summed E-state index contributed by atoms with van der Waals surface area (Å²) in [4.78, 5) is 25.6. The minimum Gasteiger partial charge on any atom is -0.465 e. The molecule has 2 rings (SSSR count). The van der Waals surface area contributed by atoms with Gasteiger partial charge < -0.3 is 9.47 Å². The number of hydrogen-bond acceptors (Lipinski definition) is 6. The molecular formula is C12H10O4S2. The maximum atomic E-state index is 11.3. The molecule has 0 aliphatic rings. The molecule has 0 unspecified atom stereocenters. The van der Waals surface area contributed by atoms with Crippen LogP contribution in [0, 0.1) is 0 Å². The SMILES string of the molecule is COC(=O)c1ccc(-c2ccc(C(=O)OC)s2)s1. The fourth-order valence-corrected chi connectivity index (χ4v) is 3.30. The number of rotatable bonds is 3. The van der Waals surface area contributed by atoms with Gasteiger partial charge in [0.2, 0.25) is 0 Å². The molecule has 0 aromatic carbocycles. The van der Waals surface area contributed by atoms with Gasteiger partial charge in [-0.1, -0.05) is 0 Å². The molecule has 2 aromatic rings. The zero-order valence-corrected chi connectivity index (χ0v) is 11.4. The van der Waals surface area contributed by atoms with Crippen molar-refractivity contribution in [1.29, 1.82) is 0 Å². The largest absolute Gasteiger partial charge is 0.465 e. The molecule has 0 N–H and O–H groups in total. The van der Waals surface area contributed by atoms with E-state index < -0.39 is 0 Å². The van der Waals surface area contributed by atoms with Crippen molar-refractivity contribution in [2.45, 2.75) is 0 Å². The maximum absolute atomic E-state index is 11.3. The first-order valence-electron chi connectivity index (χ1n) is 5.02. The minimum atomic E-state index is -0.351. The number of hydrogen-bond donors (Lipinski definition) is 0. The van der Waals surface area contributed by atoms with Crippen LogP contribution in [-0.4, -0.2) is 26.2 Å². The molecule has 2 heterocycles. The van der Waals surface area contributed by atoms with E-state index in [1.54, 1.807) is 12.1 Å². The molecule has 0 saturated carbocycles. The lowest BCUT2D eigenvalue weighted by atomic mass is 10.3. The molecule has 4 nitrogen and oxygen atoms in total. The van der Waals surface area contributed by atoms with Crippen LogP contribution >= 0.6 is 22.7 Å². The highest BCUT2D eigenvalue weighted by Gasteiger charge is 2.14. The third kappa shape index (κ3) is 2.44. The zero-order chi connectivity index (χ0) is 13.1. The maximum Gasteiger partial charge on any atom is 0.348 e. The summed E-state index contributed by atoms with van der Waals surface area (Å²) in [6, 6.07) is 7.10. The Kier molecular flexibility index (Phi) is 3.78. The van der Waals surface area contributed by atoms with Gasteiger partial charge in [-0.05, 0) is 24.3 Å². The van der Waals surface area contributed by atoms with Gasteiger partial charge in [-0.3, -0.25) is 0 Å². The van der Waals surface area contributed by atoms with Crippen molar-refractivity contribution in [3.63, 3.8) is 0 Å². The van der Waals surface area contributed by atoms with Gasteiger partial charge in [-0.2, -0.15) is 0 Å². The van der Waals surface area contributed by atoms with Gasteiger partial charge >= 0.3 is 11.9 Å². The first kappa shape index (κ1) is 12.8. The highest BCUT2D eigenvalue weighted by atomic mass is 32.1. The van der Waals surface area contributed by atoms with Crippen LogP contribution in [0.4, 0.5) is 0 Å². The fourth-order valence-electron chi connectivity index (χ4n) is 1.36. The van der Waals surface area contributed by atoms with Crippen LogP contribution in [0.1, 0.15) is 19.3 Å². The first-order chi connectivity index (χ1) is 8.65. The molecule has 0 amide bonds. The lowest BCUT2D eigenvalue weighted by Gasteiger charge is -1.93. The summed E-state index contributed by atoms with van der Waals surface area (Å²) in [5.74, 6) is -0.702. The molecule has 0 bridgehead atoms. The highest BCUT2D eigenvalue weighted by molar-refractivity contribution is 7.23. The van der Waals surface area contributed by atoms with E-state index >= 15 is 0 Å². The lowest BCUT2D eigenvalue weighted by Crippen LogP contribution is -1.96. The summed E-state index contributed by atoms with van der Waals surface area (Å²) in [6.45, 7) is 0. The number of thiophene rings is 2. The van der Waals surface area contributed by atoms with Crippen LogP contribution in [0.25, 0.3) is 9.75 Å². The van der Waals surface area contributed by atoms with E-state index in [1.807, 2.05) is 12.1 Å². The molecule has 0 aliphatic carbocycles. The predicted molar refractivity (Wildman–Crippen MR) is 70.3 cm³/mol. The van der Waals surface area contributed by atoms with Crippen molar-refractivity contribution in [2.75, 3.05) is 14.2 Å². The van der Waals surface area contributed by atoms with Crippen molar-refractivity contribution in [3.8, 4) is 9.75 Å². The van der Waals surface area contributed by atoms with Crippen LogP contribution in [0.2, 0.25) is 0 Å². The second-order valence-electron chi connectivity index (χ2n) is 3.31. The van der Waals surface area contributed by atoms with E-state index in [0.29, 0.717) is 9.75 Å². The summed E-state index contributed by atoms with van der Waals surface area (Å²) in [5, 5.41) is 0. The number of carbonyl (C=O) groups excluding carboxylic acids is 2. The quantitative estimate of drug-likeness (QED) is 0.812. The van der Waals surface area contributed by atoms with Gasteiger partial charge in [0.15, 0.2) is 0 Å². The van der Waals surface area contributed by atoms with Crippen molar-refractivity contribution in [1.82, 2.24) is 0 Å². The van der Waals surface area contributed by atoms with Gasteiger partial charge in [0.25, 0.3) is 0 Å². The molecule has 0 atom stereocenters. The topological polar surface area (TPSA) is 52.6 Å². The molecule has 0 saturated heterocycles. The first-order valence-corrected chi connectivity index (χ1v) is 6.65. The van der Waals surface area contributed by atoms with Crippen LogP contribution in [0.15, 0.2) is 24.3 Å².